The van der Waals surface area contributed by atoms with E-state index in [0.29, 0.717) is 0 Å². The van der Waals surface area contributed by atoms with Crippen molar-refractivity contribution in [3.63, 3.8) is 0 Å². The zero-order valence-corrected chi connectivity index (χ0v) is 37.0. The molecule has 1 saturated carbocycles. The highest BCUT2D eigenvalue weighted by molar-refractivity contribution is 6.03. The first-order chi connectivity index (χ1) is 32.0. The number of hydrogen-bond donors (Lipinski definition) is 0. The fraction of sp³-hybridized carbons (Fsp3) is 0.156. The molecule has 14 rings (SSSR count). The highest BCUT2D eigenvalue weighted by atomic mass is 15.1. The molecule has 0 unspecified atom stereocenters. The fourth-order valence-corrected chi connectivity index (χ4v) is 14.0. The molecule has 1 heteroatoms. The number of fused-ring (bicyclic) bond motifs is 18. The maximum absolute atomic E-state index is 2.66. The van der Waals surface area contributed by atoms with E-state index in [1.165, 1.54) is 149 Å². The van der Waals surface area contributed by atoms with Crippen molar-refractivity contribution in [2.24, 2.45) is 0 Å². The lowest BCUT2D eigenvalue weighted by Gasteiger charge is -2.37. The van der Waals surface area contributed by atoms with Gasteiger partial charge in [-0.2, -0.15) is 0 Å². The van der Waals surface area contributed by atoms with Crippen LogP contribution in [0.1, 0.15) is 90.5 Å². The Morgan fingerprint density at radius 1 is 0.338 bits per heavy atom. The Labute approximate surface area is 382 Å². The van der Waals surface area contributed by atoms with Gasteiger partial charge in [-0.3, -0.25) is 0 Å². The van der Waals surface area contributed by atoms with E-state index in [1.807, 2.05) is 0 Å². The van der Waals surface area contributed by atoms with E-state index in [2.05, 4.69) is 219 Å². The van der Waals surface area contributed by atoms with E-state index in [-0.39, 0.29) is 10.8 Å². The van der Waals surface area contributed by atoms with Gasteiger partial charge in [0.15, 0.2) is 0 Å². The van der Waals surface area contributed by atoms with Gasteiger partial charge in [-0.15, -0.1) is 0 Å². The van der Waals surface area contributed by atoms with Gasteiger partial charge in [0.25, 0.3) is 0 Å². The molecule has 0 bridgehead atoms. The number of hydrogen-bond acceptors (Lipinski definition) is 1. The average Bonchev–Trinajstić information content (AvgIpc) is 4.01. The fourth-order valence-electron chi connectivity index (χ4n) is 14.0. The third kappa shape index (κ3) is 4.73. The predicted octanol–water partition coefficient (Wildman–Crippen LogP) is 16.7. The summed E-state index contributed by atoms with van der Waals surface area (Å²) in [5, 5.41) is 0. The molecule has 0 aliphatic heterocycles. The second-order valence-corrected chi connectivity index (χ2v) is 19.8. The molecule has 310 valence electrons. The standard InChI is InChI=1S/C64H49N/c1-62(2)51-28-10-4-23-45(51)48-26-18-27-49(61(48)62)47-24-9-15-34-58(47)65(41-36-37-46-42-20-5-11-29-52(42)63(57(46)40-41)38-16-3-17-39-63)59-35-19-33-56-60(59)50-25-8-14-32-55(50)64(56)53-30-12-6-21-43(53)44-22-7-13-31-54(44)64/h4-15,18-37,40H,3,16-17,38-39H2,1-2H3. The first-order valence-electron chi connectivity index (χ1n) is 23.8. The van der Waals surface area contributed by atoms with Crippen molar-refractivity contribution in [1.82, 2.24) is 0 Å². The largest absolute Gasteiger partial charge is 0.309 e. The van der Waals surface area contributed by atoms with Gasteiger partial charge >= 0.3 is 0 Å². The summed E-state index contributed by atoms with van der Waals surface area (Å²) in [6.07, 6.45) is 6.21. The van der Waals surface area contributed by atoms with Crippen molar-refractivity contribution < 1.29 is 0 Å². The van der Waals surface area contributed by atoms with Crippen LogP contribution in [0.25, 0.3) is 55.6 Å². The molecule has 0 atom stereocenters. The number of rotatable bonds is 4. The number of benzene rings is 9. The van der Waals surface area contributed by atoms with Crippen LogP contribution in [-0.4, -0.2) is 0 Å². The van der Waals surface area contributed by atoms with Crippen molar-refractivity contribution in [2.45, 2.75) is 62.2 Å². The average molecular weight is 832 g/mol. The van der Waals surface area contributed by atoms with Gasteiger partial charge < -0.3 is 4.90 Å². The third-order valence-corrected chi connectivity index (χ3v) is 16.5. The summed E-state index contributed by atoms with van der Waals surface area (Å²) in [6.45, 7) is 4.84. The van der Waals surface area contributed by atoms with Crippen molar-refractivity contribution in [2.75, 3.05) is 4.90 Å². The molecule has 0 N–H and O–H groups in total. The molecule has 9 aromatic rings. The summed E-state index contributed by atoms with van der Waals surface area (Å²) in [5.74, 6) is 0. The smallest absolute Gasteiger partial charge is 0.0726 e. The third-order valence-electron chi connectivity index (χ3n) is 16.5. The van der Waals surface area contributed by atoms with Crippen LogP contribution in [0.3, 0.4) is 0 Å². The van der Waals surface area contributed by atoms with Crippen LogP contribution >= 0.6 is 0 Å². The quantitative estimate of drug-likeness (QED) is 0.171. The van der Waals surface area contributed by atoms with E-state index in [4.69, 9.17) is 0 Å². The number of anilines is 3. The normalized spacial score (nSPS) is 16.5. The van der Waals surface area contributed by atoms with Crippen LogP contribution < -0.4 is 4.90 Å². The summed E-state index contributed by atoms with van der Waals surface area (Å²) in [7, 11) is 0. The van der Waals surface area contributed by atoms with E-state index in [0.717, 1.165) is 0 Å². The molecule has 0 saturated heterocycles. The summed E-state index contributed by atoms with van der Waals surface area (Å²) < 4.78 is 0. The van der Waals surface area contributed by atoms with Gasteiger partial charge in [-0.05, 0) is 126 Å². The Hall–Kier alpha value is -7.22. The van der Waals surface area contributed by atoms with Crippen molar-refractivity contribution in [3.8, 4) is 55.6 Å². The van der Waals surface area contributed by atoms with Crippen LogP contribution in [-0.2, 0) is 16.2 Å². The Bertz CT molecular complexity index is 3420. The van der Waals surface area contributed by atoms with Crippen molar-refractivity contribution in [3.05, 3.63) is 245 Å². The molecule has 0 amide bonds. The van der Waals surface area contributed by atoms with Crippen LogP contribution in [0.5, 0.6) is 0 Å². The van der Waals surface area contributed by atoms with Crippen LogP contribution in [0.15, 0.2) is 200 Å². The molecule has 2 spiro atoms. The molecule has 1 fully saturated rings. The van der Waals surface area contributed by atoms with E-state index < -0.39 is 5.41 Å². The Morgan fingerprint density at radius 3 is 1.46 bits per heavy atom. The lowest BCUT2D eigenvalue weighted by molar-refractivity contribution is 0.353. The van der Waals surface area contributed by atoms with Gasteiger partial charge in [-0.1, -0.05) is 209 Å². The minimum atomic E-state index is -0.442. The monoisotopic (exact) mass is 831 g/mol. The topological polar surface area (TPSA) is 3.24 Å². The van der Waals surface area contributed by atoms with E-state index >= 15 is 0 Å². The van der Waals surface area contributed by atoms with E-state index in [9.17, 15) is 0 Å². The zero-order chi connectivity index (χ0) is 43.1. The molecule has 5 aliphatic carbocycles. The van der Waals surface area contributed by atoms with Gasteiger partial charge in [0.05, 0.1) is 16.8 Å². The maximum atomic E-state index is 2.66. The zero-order valence-electron chi connectivity index (χ0n) is 37.0. The molecule has 65 heavy (non-hydrogen) atoms. The summed E-state index contributed by atoms with van der Waals surface area (Å²) in [5.41, 5.74) is 27.6. The highest BCUT2D eigenvalue weighted by Gasteiger charge is 2.53. The summed E-state index contributed by atoms with van der Waals surface area (Å²) in [6, 6.07) is 76.9. The Morgan fingerprint density at radius 2 is 0.785 bits per heavy atom. The number of para-hydroxylation sites is 1. The van der Waals surface area contributed by atoms with Crippen LogP contribution in [0.2, 0.25) is 0 Å². The lowest BCUT2D eigenvalue weighted by atomic mass is 9.68. The minimum Gasteiger partial charge on any atom is -0.309 e. The molecule has 1 nitrogen and oxygen atoms in total. The summed E-state index contributed by atoms with van der Waals surface area (Å²) >= 11 is 0. The highest BCUT2D eigenvalue weighted by Crippen LogP contribution is 2.66. The molecule has 0 heterocycles. The Balaban J connectivity index is 1.07. The molecule has 0 aromatic heterocycles. The molecular weight excluding hydrogens is 783 g/mol. The first-order valence-corrected chi connectivity index (χ1v) is 23.8. The molecule has 5 aliphatic rings. The van der Waals surface area contributed by atoms with Gasteiger partial charge in [0.1, 0.15) is 0 Å². The molecule has 9 aromatic carbocycles. The van der Waals surface area contributed by atoms with Crippen LogP contribution in [0, 0.1) is 0 Å². The SMILES string of the molecule is CC1(C)c2ccccc2-c2cccc(-c3ccccc3N(c3ccc4c(c3)C3(CCCCC3)c3ccccc3-4)c3cccc4c3-c3ccccc3C43c4ccccc4-c4ccccc43)c21. The predicted molar refractivity (Wildman–Crippen MR) is 270 cm³/mol. The second kappa shape index (κ2) is 13.4. The minimum absolute atomic E-state index is 0.0218. The maximum Gasteiger partial charge on any atom is 0.0726 e. The van der Waals surface area contributed by atoms with Gasteiger partial charge in [-0.25, -0.2) is 0 Å². The first kappa shape index (κ1) is 37.2. The van der Waals surface area contributed by atoms with E-state index in [1.54, 1.807) is 0 Å². The summed E-state index contributed by atoms with van der Waals surface area (Å²) in [4.78, 5) is 2.66. The number of nitrogens with zero attached hydrogens (tertiary/aromatic N) is 1. The molecular formula is C64H49N. The lowest BCUT2D eigenvalue weighted by Crippen LogP contribution is -2.28. The molecule has 0 radical (unpaired) electrons. The van der Waals surface area contributed by atoms with Gasteiger partial charge in [0.2, 0.25) is 0 Å². The van der Waals surface area contributed by atoms with Crippen molar-refractivity contribution in [1.29, 1.82) is 0 Å². The van der Waals surface area contributed by atoms with Gasteiger partial charge in [0, 0.05) is 27.6 Å². The second-order valence-electron chi connectivity index (χ2n) is 19.8. The Kier molecular flexibility index (Phi) is 7.67. The van der Waals surface area contributed by atoms with Crippen LogP contribution in [0.4, 0.5) is 17.1 Å². The van der Waals surface area contributed by atoms with Crippen molar-refractivity contribution >= 4 is 17.1 Å².